The fraction of sp³-hybridized carbons (Fsp3) is 0.353. The monoisotopic (exact) mass is 649 g/mol. The SMILES string of the molecule is Cc1ccc(SC2(C(=O)NCCN3CCN(C)CC3)CC(=O)N(c3ccc(Cl)cc3)C2c2cn(C)c3cc(Cl)ccc23)cc1. The first-order valence-corrected chi connectivity index (χ1v) is 16.5. The number of hydrogen-bond donors (Lipinski definition) is 1. The maximum Gasteiger partial charge on any atom is 0.239 e. The Morgan fingerprint density at radius 2 is 1.64 bits per heavy atom. The van der Waals surface area contributed by atoms with Crippen molar-refractivity contribution < 1.29 is 9.59 Å². The molecule has 2 fully saturated rings. The first-order valence-electron chi connectivity index (χ1n) is 14.9. The van der Waals surface area contributed by atoms with Gasteiger partial charge in [0.1, 0.15) is 4.75 Å². The third-order valence-corrected chi connectivity index (χ3v) is 10.7. The number of amides is 2. The summed E-state index contributed by atoms with van der Waals surface area (Å²) in [6.45, 7) is 7.28. The lowest BCUT2D eigenvalue weighted by Crippen LogP contribution is -2.51. The summed E-state index contributed by atoms with van der Waals surface area (Å²) >= 11 is 14.2. The smallest absolute Gasteiger partial charge is 0.239 e. The van der Waals surface area contributed by atoms with E-state index in [-0.39, 0.29) is 18.2 Å². The van der Waals surface area contributed by atoms with Gasteiger partial charge in [-0.25, -0.2) is 0 Å². The summed E-state index contributed by atoms with van der Waals surface area (Å²) in [5.74, 6) is -0.255. The molecule has 7 nitrogen and oxygen atoms in total. The molecule has 2 aliphatic heterocycles. The van der Waals surface area contributed by atoms with Crippen LogP contribution in [0.4, 0.5) is 5.69 Å². The van der Waals surface area contributed by atoms with Crippen molar-refractivity contribution in [3.8, 4) is 0 Å². The van der Waals surface area contributed by atoms with Crippen molar-refractivity contribution in [1.29, 1.82) is 0 Å². The number of halogens is 2. The molecule has 44 heavy (non-hydrogen) atoms. The number of aromatic nitrogens is 1. The van der Waals surface area contributed by atoms with Crippen LogP contribution in [0.2, 0.25) is 10.0 Å². The van der Waals surface area contributed by atoms with Crippen molar-refractivity contribution in [2.24, 2.45) is 7.05 Å². The van der Waals surface area contributed by atoms with E-state index in [2.05, 4.69) is 22.2 Å². The first-order chi connectivity index (χ1) is 21.1. The number of fused-ring (bicyclic) bond motifs is 1. The zero-order valence-corrected chi connectivity index (χ0v) is 27.6. The molecule has 2 saturated heterocycles. The molecule has 2 aliphatic rings. The second-order valence-electron chi connectivity index (χ2n) is 11.9. The number of likely N-dealkylation sites (N-methyl/N-ethyl adjacent to an activating group) is 1. The van der Waals surface area contributed by atoms with E-state index in [1.54, 1.807) is 17.0 Å². The molecule has 10 heteroatoms. The number of aryl methyl sites for hydroxylation is 2. The van der Waals surface area contributed by atoms with E-state index < -0.39 is 10.8 Å². The highest BCUT2D eigenvalue weighted by molar-refractivity contribution is 8.01. The Hall–Kier alpha value is -3.01. The standard InChI is InChI=1S/C34H37Cl2N5O2S/c1-23-4-11-27(12-5-23)44-34(33(43)37-14-15-40-18-16-38(2)17-19-40)21-31(42)41(26-9-6-24(35)7-10-26)32(34)29-22-39(3)30-20-25(36)8-13-28(29)30/h4-13,20,22,32H,14-19,21H2,1-3H3,(H,37,43). The number of piperazine rings is 1. The lowest BCUT2D eigenvalue weighted by atomic mass is 9.91. The minimum absolute atomic E-state index is 0.0448. The molecule has 1 aromatic heterocycles. The molecular formula is C34H37Cl2N5O2S. The van der Waals surface area contributed by atoms with E-state index in [0.29, 0.717) is 22.3 Å². The molecule has 0 radical (unpaired) electrons. The maximum absolute atomic E-state index is 14.7. The molecule has 4 aromatic rings. The van der Waals surface area contributed by atoms with Gasteiger partial charge < -0.3 is 19.7 Å². The molecule has 1 N–H and O–H groups in total. The van der Waals surface area contributed by atoms with Gasteiger partial charge in [0.25, 0.3) is 0 Å². The summed E-state index contributed by atoms with van der Waals surface area (Å²) in [7, 11) is 4.10. The summed E-state index contributed by atoms with van der Waals surface area (Å²) in [4.78, 5) is 36.3. The van der Waals surface area contributed by atoms with Crippen LogP contribution < -0.4 is 10.2 Å². The predicted octanol–water partition coefficient (Wildman–Crippen LogP) is 6.17. The summed E-state index contributed by atoms with van der Waals surface area (Å²) in [5.41, 5.74) is 3.67. The van der Waals surface area contributed by atoms with E-state index in [9.17, 15) is 9.59 Å². The number of carbonyl (C=O) groups excluding carboxylic acids is 2. The maximum atomic E-state index is 14.7. The Balaban J connectivity index is 1.46. The number of carbonyl (C=O) groups is 2. The fourth-order valence-corrected chi connectivity index (χ4v) is 8.05. The first kappa shape index (κ1) is 31.0. The largest absolute Gasteiger partial charge is 0.354 e. The van der Waals surface area contributed by atoms with E-state index in [1.165, 1.54) is 11.8 Å². The van der Waals surface area contributed by atoms with Crippen LogP contribution in [0, 0.1) is 6.92 Å². The minimum atomic E-state index is -1.15. The van der Waals surface area contributed by atoms with Gasteiger partial charge in [-0.1, -0.05) is 47.0 Å². The molecular weight excluding hydrogens is 613 g/mol. The Bertz CT molecular complexity index is 1670. The Morgan fingerprint density at radius 1 is 0.955 bits per heavy atom. The number of hydrogen-bond acceptors (Lipinski definition) is 5. The number of rotatable bonds is 8. The molecule has 0 spiro atoms. The lowest BCUT2D eigenvalue weighted by Gasteiger charge is -2.37. The highest BCUT2D eigenvalue weighted by Crippen LogP contribution is 2.55. The summed E-state index contributed by atoms with van der Waals surface area (Å²) in [6, 6.07) is 20.6. The number of anilines is 1. The van der Waals surface area contributed by atoms with Gasteiger partial charge in [0, 0.05) is 89.6 Å². The summed E-state index contributed by atoms with van der Waals surface area (Å²) in [5, 5.41) is 5.44. The van der Waals surface area contributed by atoms with Crippen molar-refractivity contribution >= 4 is 63.4 Å². The van der Waals surface area contributed by atoms with Gasteiger partial charge in [-0.3, -0.25) is 14.5 Å². The molecule has 0 saturated carbocycles. The normalized spacial score (nSPS) is 21.3. The van der Waals surface area contributed by atoms with Crippen LogP contribution in [0.25, 0.3) is 10.9 Å². The third kappa shape index (κ3) is 6.11. The molecule has 3 aromatic carbocycles. The lowest BCUT2D eigenvalue weighted by molar-refractivity contribution is -0.125. The Morgan fingerprint density at radius 3 is 2.34 bits per heavy atom. The van der Waals surface area contributed by atoms with Crippen LogP contribution in [-0.2, 0) is 16.6 Å². The van der Waals surface area contributed by atoms with Crippen LogP contribution in [-0.4, -0.2) is 77.2 Å². The number of nitrogens with zero attached hydrogens (tertiary/aromatic N) is 4. The zero-order chi connectivity index (χ0) is 31.0. The molecule has 0 bridgehead atoms. The molecule has 2 atom stereocenters. The minimum Gasteiger partial charge on any atom is -0.354 e. The van der Waals surface area contributed by atoms with E-state index in [4.69, 9.17) is 23.2 Å². The third-order valence-electron chi connectivity index (χ3n) is 8.78. The van der Waals surface area contributed by atoms with Gasteiger partial charge in [0.2, 0.25) is 11.8 Å². The predicted molar refractivity (Wildman–Crippen MR) is 181 cm³/mol. The van der Waals surface area contributed by atoms with Gasteiger partial charge in [-0.05, 0) is 62.5 Å². The van der Waals surface area contributed by atoms with Crippen molar-refractivity contribution in [2.75, 3.05) is 51.2 Å². The second kappa shape index (κ2) is 12.8. The van der Waals surface area contributed by atoms with Crippen molar-refractivity contribution in [1.82, 2.24) is 19.7 Å². The second-order valence-corrected chi connectivity index (χ2v) is 14.2. The van der Waals surface area contributed by atoms with Crippen LogP contribution in [0.1, 0.15) is 23.6 Å². The molecule has 6 rings (SSSR count). The highest BCUT2D eigenvalue weighted by atomic mass is 35.5. The highest BCUT2D eigenvalue weighted by Gasteiger charge is 2.59. The van der Waals surface area contributed by atoms with Crippen molar-refractivity contribution in [3.63, 3.8) is 0 Å². The van der Waals surface area contributed by atoms with Crippen LogP contribution in [0.3, 0.4) is 0 Å². The van der Waals surface area contributed by atoms with Gasteiger partial charge >= 0.3 is 0 Å². The number of nitrogens with one attached hydrogen (secondary N) is 1. The van der Waals surface area contributed by atoms with E-state index in [0.717, 1.165) is 59.6 Å². The van der Waals surface area contributed by atoms with Crippen molar-refractivity contribution in [3.05, 3.63) is 94.1 Å². The Labute approximate surface area is 273 Å². The molecule has 2 amide bonds. The van der Waals surface area contributed by atoms with E-state index in [1.807, 2.05) is 79.3 Å². The summed E-state index contributed by atoms with van der Waals surface area (Å²) < 4.78 is 0.869. The van der Waals surface area contributed by atoms with Crippen LogP contribution in [0.5, 0.6) is 0 Å². The number of thioether (sulfide) groups is 1. The van der Waals surface area contributed by atoms with Crippen LogP contribution >= 0.6 is 35.0 Å². The molecule has 0 aliphatic carbocycles. The van der Waals surface area contributed by atoms with Gasteiger partial charge in [-0.2, -0.15) is 0 Å². The average Bonchev–Trinajstić information content (AvgIpc) is 3.48. The summed E-state index contributed by atoms with van der Waals surface area (Å²) in [6.07, 6.45) is 2.08. The fourth-order valence-electron chi connectivity index (χ4n) is 6.36. The topological polar surface area (TPSA) is 60.8 Å². The average molecular weight is 651 g/mol. The molecule has 2 unspecified atom stereocenters. The molecule has 3 heterocycles. The van der Waals surface area contributed by atoms with Gasteiger partial charge in [-0.15, -0.1) is 11.8 Å². The van der Waals surface area contributed by atoms with E-state index >= 15 is 0 Å². The van der Waals surface area contributed by atoms with Gasteiger partial charge in [0.15, 0.2) is 0 Å². The van der Waals surface area contributed by atoms with Crippen molar-refractivity contribution in [2.45, 2.75) is 29.0 Å². The Kier molecular flexibility index (Phi) is 9.00. The quantitative estimate of drug-likeness (QED) is 0.248. The van der Waals surface area contributed by atoms with Crippen LogP contribution in [0.15, 0.2) is 77.8 Å². The molecule has 230 valence electrons. The van der Waals surface area contributed by atoms with Gasteiger partial charge in [0.05, 0.1) is 12.5 Å². The zero-order valence-electron chi connectivity index (χ0n) is 25.2. The number of benzene rings is 3.